The van der Waals surface area contributed by atoms with Crippen molar-refractivity contribution in [3.05, 3.63) is 41.7 Å². The predicted molar refractivity (Wildman–Crippen MR) is 92.4 cm³/mol. The first-order chi connectivity index (χ1) is 11.5. The number of nitrogens with zero attached hydrogens (tertiary/aromatic N) is 3. The van der Waals surface area contributed by atoms with E-state index in [1.165, 1.54) is 16.4 Å². The first-order valence-electron chi connectivity index (χ1n) is 8.39. The molecule has 2 aromatic rings. The van der Waals surface area contributed by atoms with Crippen LogP contribution in [-0.2, 0) is 0 Å². The molecule has 128 valence electrons. The number of hydrogen-bond acceptors (Lipinski definition) is 4. The molecule has 1 saturated heterocycles. The Kier molecular flexibility index (Phi) is 4.57. The van der Waals surface area contributed by atoms with Gasteiger partial charge < -0.3 is 15.7 Å². The number of amides is 1. The highest BCUT2D eigenvalue weighted by Crippen LogP contribution is 2.22. The third-order valence-corrected chi connectivity index (χ3v) is 4.47. The summed E-state index contributed by atoms with van der Waals surface area (Å²) in [4.78, 5) is 14.3. The number of aromatic hydroxyl groups is 1. The van der Waals surface area contributed by atoms with E-state index in [-0.39, 0.29) is 23.4 Å². The lowest BCUT2D eigenvalue weighted by atomic mass is 10.0. The maximum atomic E-state index is 12.6. The van der Waals surface area contributed by atoms with Crippen molar-refractivity contribution in [2.24, 2.45) is 5.73 Å². The second kappa shape index (κ2) is 6.65. The largest absolute Gasteiger partial charge is 0.504 e. The number of carbonyl (C=O) groups is 1. The SMILES string of the molecule is CC(C)c1ccc(-n2cc(O)c(C(=O)N3CCCC(N)C3)n2)cc1. The minimum atomic E-state index is -0.264. The standard InChI is InChI=1S/C18H24N4O2/c1-12(2)13-5-7-15(8-6-13)22-11-16(23)17(20-22)18(24)21-9-3-4-14(19)10-21/h5-8,11-12,14,23H,3-4,9-10,19H2,1-2H3. The van der Waals surface area contributed by atoms with Crippen molar-refractivity contribution >= 4 is 5.91 Å². The summed E-state index contributed by atoms with van der Waals surface area (Å²) in [5.74, 6) is 0.0813. The van der Waals surface area contributed by atoms with Gasteiger partial charge in [-0.05, 0) is 36.5 Å². The molecule has 3 N–H and O–H groups in total. The highest BCUT2D eigenvalue weighted by atomic mass is 16.3. The van der Waals surface area contributed by atoms with Crippen LogP contribution >= 0.6 is 0 Å². The third kappa shape index (κ3) is 3.28. The zero-order valence-corrected chi connectivity index (χ0v) is 14.1. The summed E-state index contributed by atoms with van der Waals surface area (Å²) in [5, 5.41) is 14.4. The van der Waals surface area contributed by atoms with Crippen LogP contribution in [0.4, 0.5) is 0 Å². The minimum absolute atomic E-state index is 0.00416. The van der Waals surface area contributed by atoms with Crippen molar-refractivity contribution < 1.29 is 9.90 Å². The molecule has 1 aromatic heterocycles. The van der Waals surface area contributed by atoms with Crippen LogP contribution in [0.25, 0.3) is 5.69 Å². The van der Waals surface area contributed by atoms with Crippen LogP contribution < -0.4 is 5.73 Å². The van der Waals surface area contributed by atoms with Gasteiger partial charge in [-0.1, -0.05) is 26.0 Å². The topological polar surface area (TPSA) is 84.4 Å². The van der Waals surface area contributed by atoms with Crippen LogP contribution in [0.3, 0.4) is 0 Å². The summed E-state index contributed by atoms with van der Waals surface area (Å²) in [7, 11) is 0. The van der Waals surface area contributed by atoms with Crippen molar-refractivity contribution in [1.29, 1.82) is 0 Å². The fourth-order valence-corrected chi connectivity index (χ4v) is 3.01. The Bertz CT molecular complexity index is 721. The first kappa shape index (κ1) is 16.5. The van der Waals surface area contributed by atoms with Crippen molar-refractivity contribution in [3.63, 3.8) is 0 Å². The van der Waals surface area contributed by atoms with Gasteiger partial charge in [0.05, 0.1) is 11.9 Å². The third-order valence-electron chi connectivity index (χ3n) is 4.47. The van der Waals surface area contributed by atoms with Gasteiger partial charge >= 0.3 is 0 Å². The molecule has 1 aromatic carbocycles. The summed E-state index contributed by atoms with van der Waals surface area (Å²) in [6, 6.07) is 7.93. The number of nitrogens with two attached hydrogens (primary N) is 1. The van der Waals surface area contributed by atoms with Gasteiger partial charge in [0.25, 0.3) is 5.91 Å². The zero-order valence-electron chi connectivity index (χ0n) is 14.1. The van der Waals surface area contributed by atoms with E-state index >= 15 is 0 Å². The van der Waals surface area contributed by atoms with Crippen molar-refractivity contribution in [2.45, 2.75) is 38.6 Å². The Morgan fingerprint density at radius 2 is 2.04 bits per heavy atom. The average molecular weight is 328 g/mol. The molecule has 1 unspecified atom stereocenters. The quantitative estimate of drug-likeness (QED) is 0.905. The van der Waals surface area contributed by atoms with Crippen LogP contribution in [0, 0.1) is 0 Å². The van der Waals surface area contributed by atoms with Gasteiger partial charge in [-0.25, -0.2) is 4.68 Å². The molecular formula is C18H24N4O2. The second-order valence-corrected chi connectivity index (χ2v) is 6.71. The van der Waals surface area contributed by atoms with Crippen LogP contribution in [0.15, 0.2) is 30.5 Å². The molecule has 0 spiro atoms. The number of carbonyl (C=O) groups excluding carboxylic acids is 1. The fraction of sp³-hybridized carbons (Fsp3) is 0.444. The predicted octanol–water partition coefficient (Wildman–Crippen LogP) is 2.26. The van der Waals surface area contributed by atoms with Gasteiger partial charge in [0.2, 0.25) is 0 Å². The van der Waals surface area contributed by atoms with Gasteiger partial charge in [-0.3, -0.25) is 4.79 Å². The van der Waals surface area contributed by atoms with Crippen molar-refractivity contribution in [1.82, 2.24) is 14.7 Å². The average Bonchev–Trinajstić information content (AvgIpc) is 2.96. The van der Waals surface area contributed by atoms with E-state index in [0.717, 1.165) is 18.5 Å². The molecule has 1 fully saturated rings. The summed E-state index contributed by atoms with van der Waals surface area (Å²) >= 11 is 0. The molecule has 6 heteroatoms. The molecule has 6 nitrogen and oxygen atoms in total. The zero-order chi connectivity index (χ0) is 17.3. The molecule has 1 atom stereocenters. The molecule has 1 aliphatic rings. The molecule has 0 radical (unpaired) electrons. The number of benzene rings is 1. The van der Waals surface area contributed by atoms with Gasteiger partial charge in [0, 0.05) is 19.1 Å². The number of rotatable bonds is 3. The molecule has 1 amide bonds. The van der Waals surface area contributed by atoms with E-state index in [4.69, 9.17) is 5.73 Å². The number of aromatic nitrogens is 2. The highest BCUT2D eigenvalue weighted by molar-refractivity contribution is 5.95. The Hall–Kier alpha value is -2.34. The van der Waals surface area contributed by atoms with Gasteiger partial charge in [0.1, 0.15) is 0 Å². The smallest absolute Gasteiger partial charge is 0.278 e. The number of hydrogen-bond donors (Lipinski definition) is 2. The fourth-order valence-electron chi connectivity index (χ4n) is 3.01. The van der Waals surface area contributed by atoms with E-state index in [1.807, 2.05) is 24.3 Å². The molecule has 3 rings (SSSR count). The van der Waals surface area contributed by atoms with E-state index < -0.39 is 0 Å². The first-order valence-corrected chi connectivity index (χ1v) is 8.39. The second-order valence-electron chi connectivity index (χ2n) is 6.71. The molecular weight excluding hydrogens is 304 g/mol. The Labute approximate surface area is 141 Å². The summed E-state index contributed by atoms with van der Waals surface area (Å²) in [6.45, 7) is 5.43. The Morgan fingerprint density at radius 3 is 2.67 bits per heavy atom. The molecule has 24 heavy (non-hydrogen) atoms. The summed E-state index contributed by atoms with van der Waals surface area (Å²) < 4.78 is 1.54. The number of likely N-dealkylation sites (tertiary alicyclic amines) is 1. The lowest BCUT2D eigenvalue weighted by Crippen LogP contribution is -2.45. The van der Waals surface area contributed by atoms with Gasteiger partial charge in [-0.15, -0.1) is 0 Å². The lowest BCUT2D eigenvalue weighted by Gasteiger charge is -2.30. The molecule has 0 bridgehead atoms. The molecule has 2 heterocycles. The molecule has 0 aliphatic carbocycles. The van der Waals surface area contributed by atoms with E-state index in [1.54, 1.807) is 4.90 Å². The molecule has 0 saturated carbocycles. The summed E-state index contributed by atoms with van der Waals surface area (Å²) in [6.07, 6.45) is 3.28. The highest BCUT2D eigenvalue weighted by Gasteiger charge is 2.26. The monoisotopic (exact) mass is 328 g/mol. The Morgan fingerprint density at radius 1 is 1.33 bits per heavy atom. The van der Waals surface area contributed by atoms with Crippen LogP contribution in [0.1, 0.15) is 48.7 Å². The van der Waals surface area contributed by atoms with Gasteiger partial charge in [0.15, 0.2) is 11.4 Å². The van der Waals surface area contributed by atoms with E-state index in [9.17, 15) is 9.90 Å². The van der Waals surface area contributed by atoms with E-state index in [0.29, 0.717) is 19.0 Å². The normalized spacial score (nSPS) is 18.2. The van der Waals surface area contributed by atoms with Crippen LogP contribution in [0.5, 0.6) is 5.75 Å². The van der Waals surface area contributed by atoms with Crippen molar-refractivity contribution in [2.75, 3.05) is 13.1 Å². The van der Waals surface area contributed by atoms with Crippen molar-refractivity contribution in [3.8, 4) is 11.4 Å². The minimum Gasteiger partial charge on any atom is -0.504 e. The maximum Gasteiger partial charge on any atom is 0.278 e. The van der Waals surface area contributed by atoms with Crippen LogP contribution in [0.2, 0.25) is 0 Å². The van der Waals surface area contributed by atoms with Gasteiger partial charge in [-0.2, -0.15) is 5.10 Å². The molecule has 1 aliphatic heterocycles. The van der Waals surface area contributed by atoms with Crippen LogP contribution in [-0.4, -0.2) is 44.8 Å². The van der Waals surface area contributed by atoms with E-state index in [2.05, 4.69) is 18.9 Å². The maximum absolute atomic E-state index is 12.6. The lowest BCUT2D eigenvalue weighted by molar-refractivity contribution is 0.0699. The number of piperidine rings is 1. The summed E-state index contributed by atoms with van der Waals surface area (Å²) in [5.41, 5.74) is 8.05. The Balaban J connectivity index is 1.83.